The molecule has 0 saturated heterocycles. The Hall–Kier alpha value is -1.95. The lowest BCUT2D eigenvalue weighted by atomic mass is 10.2. The van der Waals surface area contributed by atoms with Crippen molar-refractivity contribution in [1.29, 1.82) is 0 Å². The first-order valence-electron chi connectivity index (χ1n) is 7.58. The number of methoxy groups -OCH3 is 1. The Kier molecular flexibility index (Phi) is 5.58. The number of benzene rings is 1. The summed E-state index contributed by atoms with van der Waals surface area (Å²) in [5.41, 5.74) is 2.23. The molecule has 3 rings (SSSR count). The highest BCUT2D eigenvalue weighted by molar-refractivity contribution is 7.13. The van der Waals surface area contributed by atoms with Crippen LogP contribution in [0.1, 0.15) is 11.3 Å². The van der Waals surface area contributed by atoms with Crippen LogP contribution in [0.2, 0.25) is 0 Å². The second kappa shape index (κ2) is 8.06. The number of hydrogen-bond acceptors (Lipinski definition) is 5. The molecule has 0 aliphatic rings. The molecule has 0 atom stereocenters. The lowest BCUT2D eigenvalue weighted by Crippen LogP contribution is -2.26. The first-order valence-corrected chi connectivity index (χ1v) is 8.46. The number of aromatic nitrogens is 1. The van der Waals surface area contributed by atoms with Gasteiger partial charge in [0, 0.05) is 26.7 Å². The van der Waals surface area contributed by atoms with Gasteiger partial charge < -0.3 is 9.15 Å². The third kappa shape index (κ3) is 4.51. The van der Waals surface area contributed by atoms with Crippen molar-refractivity contribution in [1.82, 2.24) is 9.88 Å². The summed E-state index contributed by atoms with van der Waals surface area (Å²) in [6.45, 7) is 3.16. The summed E-state index contributed by atoms with van der Waals surface area (Å²) >= 11 is 1.63. The predicted octanol–water partition coefficient (Wildman–Crippen LogP) is 4.05. The van der Waals surface area contributed by atoms with E-state index in [-0.39, 0.29) is 0 Å². The molecule has 2 heterocycles. The lowest BCUT2D eigenvalue weighted by Gasteiger charge is -2.20. The van der Waals surface area contributed by atoms with Gasteiger partial charge in [-0.3, -0.25) is 4.90 Å². The minimum absolute atomic E-state index is 0.696. The minimum atomic E-state index is 0.696. The molecule has 0 radical (unpaired) electrons. The fourth-order valence-corrected chi connectivity index (χ4v) is 3.05. The molecular weight excluding hydrogens is 308 g/mol. The molecule has 0 bridgehead atoms. The van der Waals surface area contributed by atoms with Gasteiger partial charge in [-0.2, -0.15) is 0 Å². The summed E-state index contributed by atoms with van der Waals surface area (Å²) in [6, 6.07) is 14.5. The van der Waals surface area contributed by atoms with Gasteiger partial charge in [-0.15, -0.1) is 11.3 Å². The second-order valence-corrected chi connectivity index (χ2v) is 6.26. The molecule has 5 heteroatoms. The van der Waals surface area contributed by atoms with Crippen molar-refractivity contribution >= 4 is 11.3 Å². The number of thiophene rings is 1. The maximum atomic E-state index is 5.61. The smallest absolute Gasteiger partial charge is 0.236 e. The highest BCUT2D eigenvalue weighted by Crippen LogP contribution is 2.24. The molecule has 0 N–H and O–H groups in total. The van der Waals surface area contributed by atoms with Gasteiger partial charge >= 0.3 is 0 Å². The summed E-state index contributed by atoms with van der Waals surface area (Å²) in [4.78, 5) is 7.98. The molecule has 1 aromatic carbocycles. The molecular formula is C18H20N2O2S. The van der Waals surface area contributed by atoms with Crippen molar-refractivity contribution in [2.75, 3.05) is 20.3 Å². The van der Waals surface area contributed by atoms with Crippen molar-refractivity contribution < 1.29 is 9.15 Å². The minimum Gasteiger partial charge on any atom is -0.444 e. The Balaban J connectivity index is 1.68. The quantitative estimate of drug-likeness (QED) is 0.625. The van der Waals surface area contributed by atoms with Crippen LogP contribution in [0.15, 0.2) is 58.5 Å². The fourth-order valence-electron chi connectivity index (χ4n) is 2.40. The number of nitrogens with zero attached hydrogens (tertiary/aromatic N) is 2. The molecule has 0 aliphatic heterocycles. The van der Waals surface area contributed by atoms with E-state index in [1.807, 2.05) is 23.6 Å². The van der Waals surface area contributed by atoms with E-state index in [1.165, 1.54) is 5.56 Å². The van der Waals surface area contributed by atoms with Gasteiger partial charge in [-0.1, -0.05) is 36.4 Å². The van der Waals surface area contributed by atoms with Gasteiger partial charge in [-0.25, -0.2) is 4.98 Å². The summed E-state index contributed by atoms with van der Waals surface area (Å²) in [5, 5.41) is 2.03. The summed E-state index contributed by atoms with van der Waals surface area (Å²) in [6.07, 6.45) is 1.75. The van der Waals surface area contributed by atoms with Crippen LogP contribution in [-0.4, -0.2) is 30.1 Å². The highest BCUT2D eigenvalue weighted by Gasteiger charge is 2.12. The second-order valence-electron chi connectivity index (χ2n) is 5.31. The van der Waals surface area contributed by atoms with Crippen molar-refractivity contribution in [2.45, 2.75) is 13.1 Å². The highest BCUT2D eigenvalue weighted by atomic mass is 32.1. The zero-order chi connectivity index (χ0) is 15.9. The van der Waals surface area contributed by atoms with E-state index in [2.05, 4.69) is 34.1 Å². The third-order valence-corrected chi connectivity index (χ3v) is 4.39. The van der Waals surface area contributed by atoms with E-state index in [4.69, 9.17) is 9.15 Å². The van der Waals surface area contributed by atoms with Crippen LogP contribution < -0.4 is 0 Å². The summed E-state index contributed by atoms with van der Waals surface area (Å²) in [5.74, 6) is 0.696. The van der Waals surface area contributed by atoms with E-state index in [1.54, 1.807) is 24.7 Å². The molecule has 3 aromatic rings. The molecule has 0 fully saturated rings. The van der Waals surface area contributed by atoms with Gasteiger partial charge in [0.2, 0.25) is 5.89 Å². The molecule has 120 valence electrons. The number of ether oxygens (including phenoxy) is 1. The Morgan fingerprint density at radius 1 is 1.13 bits per heavy atom. The van der Waals surface area contributed by atoms with Crippen LogP contribution in [0.25, 0.3) is 10.8 Å². The van der Waals surface area contributed by atoms with E-state index in [0.717, 1.165) is 30.2 Å². The Morgan fingerprint density at radius 3 is 2.74 bits per heavy atom. The van der Waals surface area contributed by atoms with Crippen LogP contribution in [0.5, 0.6) is 0 Å². The first kappa shape index (κ1) is 15.9. The standard InChI is InChI=1S/C18H20N2O2S/c1-21-10-9-20(12-15-6-3-2-4-7-15)13-16-14-22-18(19-16)17-8-5-11-23-17/h2-8,11,14H,9-10,12-13H2,1H3. The van der Waals surface area contributed by atoms with Crippen molar-refractivity contribution in [3.63, 3.8) is 0 Å². The van der Waals surface area contributed by atoms with Crippen molar-refractivity contribution in [3.05, 3.63) is 65.4 Å². The summed E-state index contributed by atoms with van der Waals surface area (Å²) < 4.78 is 10.8. The van der Waals surface area contributed by atoms with Crippen LogP contribution in [0.3, 0.4) is 0 Å². The molecule has 0 spiro atoms. The van der Waals surface area contributed by atoms with Gasteiger partial charge in [0.15, 0.2) is 0 Å². The third-order valence-electron chi connectivity index (χ3n) is 3.53. The molecule has 0 unspecified atom stereocenters. The molecule has 0 saturated carbocycles. The van der Waals surface area contributed by atoms with E-state index in [0.29, 0.717) is 12.5 Å². The fraction of sp³-hybridized carbons (Fsp3) is 0.278. The lowest BCUT2D eigenvalue weighted by molar-refractivity contribution is 0.139. The first-order chi connectivity index (χ1) is 11.3. The van der Waals surface area contributed by atoms with Gasteiger partial charge in [0.05, 0.1) is 17.2 Å². The van der Waals surface area contributed by atoms with Crippen LogP contribution in [-0.2, 0) is 17.8 Å². The van der Waals surface area contributed by atoms with Crippen LogP contribution in [0, 0.1) is 0 Å². The van der Waals surface area contributed by atoms with Crippen LogP contribution >= 0.6 is 11.3 Å². The number of oxazole rings is 1. The Bertz CT molecular complexity index is 695. The van der Waals surface area contributed by atoms with Crippen LogP contribution in [0.4, 0.5) is 0 Å². The molecule has 4 nitrogen and oxygen atoms in total. The zero-order valence-electron chi connectivity index (χ0n) is 13.1. The normalized spacial score (nSPS) is 11.2. The van der Waals surface area contributed by atoms with E-state index >= 15 is 0 Å². The molecule has 0 aliphatic carbocycles. The van der Waals surface area contributed by atoms with Gasteiger partial charge in [-0.05, 0) is 17.0 Å². The predicted molar refractivity (Wildman–Crippen MR) is 92.2 cm³/mol. The van der Waals surface area contributed by atoms with Crippen molar-refractivity contribution in [2.24, 2.45) is 0 Å². The van der Waals surface area contributed by atoms with Gasteiger partial charge in [0.25, 0.3) is 0 Å². The SMILES string of the molecule is COCCN(Cc1ccccc1)Cc1coc(-c2cccs2)n1. The number of rotatable bonds is 8. The molecule has 0 amide bonds. The van der Waals surface area contributed by atoms with E-state index in [9.17, 15) is 0 Å². The summed E-state index contributed by atoms with van der Waals surface area (Å²) in [7, 11) is 1.73. The monoisotopic (exact) mass is 328 g/mol. The van der Waals surface area contributed by atoms with Crippen molar-refractivity contribution in [3.8, 4) is 10.8 Å². The Labute approximate surface area is 140 Å². The Morgan fingerprint density at radius 2 is 2.00 bits per heavy atom. The average molecular weight is 328 g/mol. The molecule has 2 aromatic heterocycles. The maximum Gasteiger partial charge on any atom is 0.236 e. The largest absolute Gasteiger partial charge is 0.444 e. The van der Waals surface area contributed by atoms with E-state index < -0.39 is 0 Å². The maximum absolute atomic E-state index is 5.61. The topological polar surface area (TPSA) is 38.5 Å². The zero-order valence-corrected chi connectivity index (χ0v) is 14.0. The molecule has 23 heavy (non-hydrogen) atoms. The number of hydrogen-bond donors (Lipinski definition) is 0. The average Bonchev–Trinajstić information content (AvgIpc) is 3.25. The van der Waals surface area contributed by atoms with Gasteiger partial charge in [0.1, 0.15) is 6.26 Å².